The minimum Gasteiger partial charge on any atom is -0.340 e. The maximum absolute atomic E-state index is 12.1. The molecule has 1 aromatic heterocycles. The second kappa shape index (κ2) is 6.05. The molecule has 0 saturated carbocycles. The monoisotopic (exact) mass is 260 g/mol. The molecule has 1 N–H and O–H groups in total. The molecule has 0 atom stereocenters. The Morgan fingerprint density at radius 1 is 1.37 bits per heavy atom. The number of carbonyl (C=O) groups is 1. The summed E-state index contributed by atoms with van der Waals surface area (Å²) in [6.07, 6.45) is 1.51. The van der Waals surface area contributed by atoms with E-state index in [1.165, 1.54) is 6.33 Å². The van der Waals surface area contributed by atoms with Crippen molar-refractivity contribution in [2.24, 2.45) is 0 Å². The molecule has 100 valence electrons. The van der Waals surface area contributed by atoms with Gasteiger partial charge in [-0.05, 0) is 41.7 Å². The lowest BCUT2D eigenvalue weighted by Gasteiger charge is -2.16. The van der Waals surface area contributed by atoms with Crippen molar-refractivity contribution in [1.29, 1.82) is 0 Å². The third kappa shape index (κ3) is 3.14. The Kier molecular flexibility index (Phi) is 4.19. The number of nitrogens with zero attached hydrogens (tertiary/aromatic N) is 5. The highest BCUT2D eigenvalue weighted by Crippen LogP contribution is 2.09. The molecule has 0 bridgehead atoms. The molecule has 0 aliphatic carbocycles. The number of nitrogens with one attached hydrogen (secondary N) is 1. The first kappa shape index (κ1) is 13.2. The number of hydrogen-bond acceptors (Lipinski definition) is 5. The fourth-order valence-corrected chi connectivity index (χ4v) is 1.64. The van der Waals surface area contributed by atoms with Crippen LogP contribution in [0.5, 0.6) is 0 Å². The van der Waals surface area contributed by atoms with Crippen LogP contribution in [0.25, 0.3) is 5.69 Å². The van der Waals surface area contributed by atoms with Crippen LogP contribution in [-0.2, 0) is 0 Å². The lowest BCUT2D eigenvalue weighted by molar-refractivity contribution is 0.0797. The first-order chi connectivity index (χ1) is 9.22. The molecular formula is C12H16N6O. The second-order valence-corrected chi connectivity index (χ2v) is 4.13. The maximum atomic E-state index is 12.1. The third-order valence-electron chi connectivity index (χ3n) is 2.77. The van der Waals surface area contributed by atoms with Gasteiger partial charge in [-0.3, -0.25) is 4.79 Å². The van der Waals surface area contributed by atoms with Crippen molar-refractivity contribution < 1.29 is 4.79 Å². The minimum atomic E-state index is -0.00137. The summed E-state index contributed by atoms with van der Waals surface area (Å²) in [6.45, 7) is 1.44. The van der Waals surface area contributed by atoms with Crippen LogP contribution >= 0.6 is 0 Å². The number of tetrazole rings is 1. The van der Waals surface area contributed by atoms with Crippen LogP contribution in [-0.4, -0.2) is 58.2 Å². The standard InChI is InChI=1S/C12H16N6O/c1-13-7-8-17(2)12(19)10-3-5-11(6-4-10)18-9-14-15-16-18/h3-6,9,13H,7-8H2,1-2H3. The van der Waals surface area contributed by atoms with E-state index >= 15 is 0 Å². The topological polar surface area (TPSA) is 75.9 Å². The molecule has 0 aliphatic heterocycles. The zero-order valence-electron chi connectivity index (χ0n) is 10.9. The van der Waals surface area contributed by atoms with E-state index in [0.717, 1.165) is 12.2 Å². The van der Waals surface area contributed by atoms with Gasteiger partial charge in [0.15, 0.2) is 0 Å². The number of benzene rings is 1. The minimum absolute atomic E-state index is 0.00137. The number of carbonyl (C=O) groups excluding carboxylic acids is 1. The first-order valence-corrected chi connectivity index (χ1v) is 5.96. The van der Waals surface area contributed by atoms with Gasteiger partial charge in [0, 0.05) is 25.7 Å². The van der Waals surface area contributed by atoms with Crippen molar-refractivity contribution in [2.75, 3.05) is 27.2 Å². The van der Waals surface area contributed by atoms with Crippen LogP contribution in [0.3, 0.4) is 0 Å². The van der Waals surface area contributed by atoms with Crippen molar-refractivity contribution in [2.45, 2.75) is 0 Å². The van der Waals surface area contributed by atoms with E-state index in [-0.39, 0.29) is 5.91 Å². The Labute approximate surface area is 111 Å². The van der Waals surface area contributed by atoms with E-state index in [1.807, 2.05) is 19.2 Å². The van der Waals surface area contributed by atoms with Crippen LogP contribution < -0.4 is 5.32 Å². The van der Waals surface area contributed by atoms with Crippen molar-refractivity contribution in [1.82, 2.24) is 30.4 Å². The van der Waals surface area contributed by atoms with Gasteiger partial charge in [-0.1, -0.05) is 0 Å². The summed E-state index contributed by atoms with van der Waals surface area (Å²) < 4.78 is 1.54. The number of aromatic nitrogens is 4. The molecule has 7 heteroatoms. The van der Waals surface area contributed by atoms with E-state index in [1.54, 1.807) is 28.8 Å². The van der Waals surface area contributed by atoms with E-state index in [2.05, 4.69) is 20.8 Å². The highest BCUT2D eigenvalue weighted by molar-refractivity contribution is 5.94. The number of likely N-dealkylation sites (N-methyl/N-ethyl adjacent to an activating group) is 2. The molecule has 7 nitrogen and oxygen atoms in total. The molecule has 0 saturated heterocycles. The van der Waals surface area contributed by atoms with Gasteiger partial charge in [0.2, 0.25) is 0 Å². The Morgan fingerprint density at radius 2 is 2.11 bits per heavy atom. The smallest absolute Gasteiger partial charge is 0.253 e. The average Bonchev–Trinajstić information content (AvgIpc) is 2.98. The zero-order valence-corrected chi connectivity index (χ0v) is 10.9. The molecule has 0 radical (unpaired) electrons. The highest BCUT2D eigenvalue weighted by atomic mass is 16.2. The van der Waals surface area contributed by atoms with Gasteiger partial charge >= 0.3 is 0 Å². The van der Waals surface area contributed by atoms with Gasteiger partial charge in [0.25, 0.3) is 5.91 Å². The number of hydrogen-bond donors (Lipinski definition) is 1. The summed E-state index contributed by atoms with van der Waals surface area (Å²) in [5.74, 6) is -0.00137. The third-order valence-corrected chi connectivity index (χ3v) is 2.77. The van der Waals surface area contributed by atoms with Crippen LogP contribution in [0.2, 0.25) is 0 Å². The normalized spacial score (nSPS) is 10.4. The largest absolute Gasteiger partial charge is 0.340 e. The molecular weight excluding hydrogens is 244 g/mol. The quantitative estimate of drug-likeness (QED) is 0.816. The van der Waals surface area contributed by atoms with Crippen LogP contribution in [0, 0.1) is 0 Å². The highest BCUT2D eigenvalue weighted by Gasteiger charge is 2.11. The molecule has 19 heavy (non-hydrogen) atoms. The van der Waals surface area contributed by atoms with Crippen molar-refractivity contribution in [3.8, 4) is 5.69 Å². The van der Waals surface area contributed by atoms with Gasteiger partial charge in [-0.2, -0.15) is 0 Å². The van der Waals surface area contributed by atoms with Crippen molar-refractivity contribution >= 4 is 5.91 Å². The Hall–Kier alpha value is -2.28. The van der Waals surface area contributed by atoms with Crippen LogP contribution in [0.1, 0.15) is 10.4 Å². The predicted molar refractivity (Wildman–Crippen MR) is 70.0 cm³/mol. The van der Waals surface area contributed by atoms with E-state index in [9.17, 15) is 4.79 Å². The SMILES string of the molecule is CNCCN(C)C(=O)c1ccc(-n2cnnn2)cc1. The first-order valence-electron chi connectivity index (χ1n) is 5.96. The lowest BCUT2D eigenvalue weighted by Crippen LogP contribution is -2.32. The number of amides is 1. The Morgan fingerprint density at radius 3 is 2.68 bits per heavy atom. The predicted octanol–water partition coefficient (Wildman–Crippen LogP) is -0.0463. The Balaban J connectivity index is 2.08. The summed E-state index contributed by atoms with van der Waals surface area (Å²) in [5, 5.41) is 13.9. The molecule has 0 spiro atoms. The summed E-state index contributed by atoms with van der Waals surface area (Å²) in [4.78, 5) is 13.8. The van der Waals surface area contributed by atoms with E-state index in [4.69, 9.17) is 0 Å². The maximum Gasteiger partial charge on any atom is 0.253 e. The van der Waals surface area contributed by atoms with Crippen LogP contribution in [0.15, 0.2) is 30.6 Å². The molecule has 1 amide bonds. The van der Waals surface area contributed by atoms with Crippen molar-refractivity contribution in [3.05, 3.63) is 36.2 Å². The van der Waals surface area contributed by atoms with Gasteiger partial charge in [0.1, 0.15) is 6.33 Å². The molecule has 0 aliphatic rings. The fourth-order valence-electron chi connectivity index (χ4n) is 1.64. The molecule has 0 fully saturated rings. The van der Waals surface area contributed by atoms with E-state index in [0.29, 0.717) is 12.1 Å². The average molecular weight is 260 g/mol. The molecule has 1 aromatic carbocycles. The van der Waals surface area contributed by atoms with Gasteiger partial charge in [-0.25, -0.2) is 4.68 Å². The molecule has 2 aromatic rings. The van der Waals surface area contributed by atoms with Crippen molar-refractivity contribution in [3.63, 3.8) is 0 Å². The molecule has 1 heterocycles. The Bertz CT molecular complexity index is 522. The van der Waals surface area contributed by atoms with Gasteiger partial charge in [0.05, 0.1) is 5.69 Å². The van der Waals surface area contributed by atoms with Crippen LogP contribution in [0.4, 0.5) is 0 Å². The lowest BCUT2D eigenvalue weighted by atomic mass is 10.2. The molecule has 2 rings (SSSR count). The van der Waals surface area contributed by atoms with Gasteiger partial charge < -0.3 is 10.2 Å². The summed E-state index contributed by atoms with van der Waals surface area (Å²) in [5.41, 5.74) is 1.47. The summed E-state index contributed by atoms with van der Waals surface area (Å²) in [7, 11) is 3.65. The zero-order chi connectivity index (χ0) is 13.7. The summed E-state index contributed by atoms with van der Waals surface area (Å²) >= 11 is 0. The second-order valence-electron chi connectivity index (χ2n) is 4.13. The molecule has 0 unspecified atom stereocenters. The fraction of sp³-hybridized carbons (Fsp3) is 0.333. The number of rotatable bonds is 5. The van der Waals surface area contributed by atoms with E-state index < -0.39 is 0 Å². The van der Waals surface area contributed by atoms with Gasteiger partial charge in [-0.15, -0.1) is 5.10 Å². The summed E-state index contributed by atoms with van der Waals surface area (Å²) in [6, 6.07) is 7.18.